The molecule has 0 spiro atoms. The Hall–Kier alpha value is -3.83. The molecular formula is C35H34ClNO4. The highest BCUT2D eigenvalue weighted by Gasteiger charge is 2.43. The largest absolute Gasteiger partial charge is 0.493 e. The molecule has 41 heavy (non-hydrogen) atoms. The monoisotopic (exact) mass is 567 g/mol. The van der Waals surface area contributed by atoms with E-state index < -0.39 is 5.92 Å². The Labute approximate surface area is 246 Å². The number of hydrogen-bond acceptors (Lipinski definition) is 5. The van der Waals surface area contributed by atoms with Crippen LogP contribution in [0.25, 0.3) is 0 Å². The Kier molecular flexibility index (Phi) is 7.72. The number of aryl methyl sites for hydroxylation is 1. The quantitative estimate of drug-likeness (QED) is 0.291. The number of hydrogen-bond donors (Lipinski definition) is 0. The number of benzene rings is 3. The fraction of sp³-hybridized carbons (Fsp3) is 0.314. The maximum absolute atomic E-state index is 13.7. The Bertz CT molecular complexity index is 1530. The van der Waals surface area contributed by atoms with Gasteiger partial charge >= 0.3 is 0 Å². The number of carbonyl (C=O) groups is 2. The van der Waals surface area contributed by atoms with Gasteiger partial charge in [-0.05, 0) is 61.4 Å². The molecule has 0 bridgehead atoms. The van der Waals surface area contributed by atoms with Gasteiger partial charge in [-0.3, -0.25) is 9.59 Å². The molecule has 6 heteroatoms. The van der Waals surface area contributed by atoms with Gasteiger partial charge in [-0.2, -0.15) is 0 Å². The zero-order valence-corrected chi connectivity index (χ0v) is 24.3. The Morgan fingerprint density at radius 3 is 2.12 bits per heavy atom. The molecule has 210 valence electrons. The van der Waals surface area contributed by atoms with Gasteiger partial charge in [0.2, 0.25) is 0 Å². The van der Waals surface area contributed by atoms with Crippen LogP contribution in [0.2, 0.25) is 5.02 Å². The summed E-state index contributed by atoms with van der Waals surface area (Å²) in [5.41, 5.74) is 7.67. The van der Waals surface area contributed by atoms with Crippen molar-refractivity contribution < 1.29 is 19.1 Å². The van der Waals surface area contributed by atoms with E-state index in [1.165, 1.54) is 0 Å². The van der Waals surface area contributed by atoms with E-state index in [1.54, 1.807) is 7.11 Å². The molecule has 3 aromatic carbocycles. The zero-order chi connectivity index (χ0) is 28.5. The molecule has 1 heterocycles. The van der Waals surface area contributed by atoms with Gasteiger partial charge in [0.15, 0.2) is 23.1 Å². The van der Waals surface area contributed by atoms with E-state index in [4.69, 9.17) is 21.1 Å². The fourth-order valence-corrected chi connectivity index (χ4v) is 6.78. The van der Waals surface area contributed by atoms with Crippen LogP contribution < -0.4 is 9.47 Å². The molecule has 1 aliphatic heterocycles. The third-order valence-corrected chi connectivity index (χ3v) is 8.60. The average Bonchev–Trinajstić information content (AvgIpc) is 2.97. The van der Waals surface area contributed by atoms with Crippen LogP contribution in [0.5, 0.6) is 11.5 Å². The van der Waals surface area contributed by atoms with Crippen LogP contribution in [-0.2, 0) is 22.7 Å². The maximum atomic E-state index is 13.7. The van der Waals surface area contributed by atoms with E-state index in [0.717, 1.165) is 70.5 Å². The van der Waals surface area contributed by atoms with Crippen LogP contribution in [0, 0.1) is 6.92 Å². The molecule has 0 saturated carbocycles. The number of allylic oxidation sites excluding steroid dienone is 4. The van der Waals surface area contributed by atoms with Crippen molar-refractivity contribution in [1.29, 1.82) is 0 Å². The Morgan fingerprint density at radius 2 is 1.49 bits per heavy atom. The van der Waals surface area contributed by atoms with Gasteiger partial charge in [-0.15, -0.1) is 0 Å². The molecule has 0 unspecified atom stereocenters. The topological polar surface area (TPSA) is 55.8 Å². The second-order valence-electron chi connectivity index (χ2n) is 11.1. The molecule has 5 nitrogen and oxygen atoms in total. The summed E-state index contributed by atoms with van der Waals surface area (Å²) in [6, 6.07) is 22.1. The first-order chi connectivity index (χ1) is 19.9. The summed E-state index contributed by atoms with van der Waals surface area (Å²) < 4.78 is 11.9. The molecule has 0 saturated heterocycles. The van der Waals surface area contributed by atoms with Gasteiger partial charge in [0.25, 0.3) is 0 Å². The second-order valence-corrected chi connectivity index (χ2v) is 11.5. The molecule has 2 aliphatic carbocycles. The van der Waals surface area contributed by atoms with Crippen molar-refractivity contribution in [3.8, 4) is 11.5 Å². The Balaban J connectivity index is 1.44. The van der Waals surface area contributed by atoms with Crippen LogP contribution in [0.4, 0.5) is 0 Å². The van der Waals surface area contributed by atoms with Crippen LogP contribution in [-0.4, -0.2) is 23.6 Å². The molecule has 6 rings (SSSR count). The summed E-state index contributed by atoms with van der Waals surface area (Å²) in [5, 5.41) is 0.398. The summed E-state index contributed by atoms with van der Waals surface area (Å²) in [5.74, 6) is 0.685. The van der Waals surface area contributed by atoms with Crippen LogP contribution in [0.15, 0.2) is 89.3 Å². The van der Waals surface area contributed by atoms with E-state index >= 15 is 0 Å². The highest BCUT2D eigenvalue weighted by molar-refractivity contribution is 6.32. The number of rotatable bonds is 7. The standard InChI is InChI=1S/C35H34ClNO4/c1-22-9-6-12-24(17-22)21-41-35-26(36)18-25(19-31(35)40-2)32-33-27(13-7-15-29(33)38)37(20-23-10-4-3-5-11-23)28-14-8-16-30(39)34(28)32/h3-6,9-12,17-19,32H,7-8,13-16,20-21H2,1-2H3. The molecule has 0 fully saturated rings. The van der Waals surface area contributed by atoms with Crippen LogP contribution in [0.1, 0.15) is 66.7 Å². The lowest BCUT2D eigenvalue weighted by Crippen LogP contribution is -2.38. The van der Waals surface area contributed by atoms with Crippen molar-refractivity contribution >= 4 is 23.2 Å². The van der Waals surface area contributed by atoms with Crippen LogP contribution >= 0.6 is 11.6 Å². The van der Waals surface area contributed by atoms with Gasteiger partial charge < -0.3 is 14.4 Å². The number of halogens is 1. The lowest BCUT2D eigenvalue weighted by molar-refractivity contribution is -0.117. The molecule has 0 amide bonds. The first-order valence-electron chi connectivity index (χ1n) is 14.3. The predicted octanol–water partition coefficient (Wildman–Crippen LogP) is 7.85. The number of methoxy groups -OCH3 is 1. The van der Waals surface area contributed by atoms with Crippen molar-refractivity contribution in [2.24, 2.45) is 0 Å². The van der Waals surface area contributed by atoms with Gasteiger partial charge in [0, 0.05) is 47.8 Å². The minimum atomic E-state index is -0.468. The van der Waals surface area contributed by atoms with Crippen molar-refractivity contribution in [3.05, 3.63) is 117 Å². The highest BCUT2D eigenvalue weighted by atomic mass is 35.5. The smallest absolute Gasteiger partial charge is 0.180 e. The average molecular weight is 568 g/mol. The SMILES string of the molecule is COc1cc(C2C3=C(CCCC3=O)N(Cc3ccccc3)C3=C2C(=O)CCC3)cc(Cl)c1OCc1cccc(C)c1. The number of nitrogens with zero attached hydrogens (tertiary/aromatic N) is 1. The molecule has 0 N–H and O–H groups in total. The number of Topliss-reactive ketones (excluding diaryl/α,β-unsaturated/α-hetero) is 2. The minimum absolute atomic E-state index is 0.106. The summed E-state index contributed by atoms with van der Waals surface area (Å²) in [6.07, 6.45) is 4.18. The first-order valence-corrected chi connectivity index (χ1v) is 14.7. The summed E-state index contributed by atoms with van der Waals surface area (Å²) >= 11 is 6.87. The minimum Gasteiger partial charge on any atom is -0.493 e. The van der Waals surface area contributed by atoms with E-state index in [1.807, 2.05) is 55.5 Å². The van der Waals surface area contributed by atoms with Crippen molar-refractivity contribution in [2.45, 2.75) is 64.5 Å². The molecular weight excluding hydrogens is 534 g/mol. The van der Waals surface area contributed by atoms with Crippen molar-refractivity contribution in [1.82, 2.24) is 4.90 Å². The fourth-order valence-electron chi connectivity index (χ4n) is 6.51. The third-order valence-electron chi connectivity index (χ3n) is 8.32. The van der Waals surface area contributed by atoms with Gasteiger partial charge in [-0.25, -0.2) is 0 Å². The first kappa shape index (κ1) is 27.3. The summed E-state index contributed by atoms with van der Waals surface area (Å²) in [6.45, 7) is 3.03. The lowest BCUT2D eigenvalue weighted by atomic mass is 9.71. The number of ketones is 2. The summed E-state index contributed by atoms with van der Waals surface area (Å²) in [4.78, 5) is 29.6. The third kappa shape index (κ3) is 5.31. The Morgan fingerprint density at radius 1 is 0.829 bits per heavy atom. The maximum Gasteiger partial charge on any atom is 0.180 e. The van der Waals surface area contributed by atoms with Gasteiger partial charge in [0.1, 0.15) is 6.61 Å². The van der Waals surface area contributed by atoms with E-state index in [0.29, 0.717) is 42.5 Å². The van der Waals surface area contributed by atoms with Gasteiger partial charge in [0.05, 0.1) is 12.1 Å². The molecule has 0 atom stereocenters. The lowest BCUT2D eigenvalue weighted by Gasteiger charge is -2.44. The number of carbonyl (C=O) groups excluding carboxylic acids is 2. The van der Waals surface area contributed by atoms with Crippen molar-refractivity contribution in [2.75, 3.05) is 7.11 Å². The zero-order valence-electron chi connectivity index (χ0n) is 23.5. The second kappa shape index (κ2) is 11.6. The summed E-state index contributed by atoms with van der Waals surface area (Å²) in [7, 11) is 1.59. The molecule has 3 aliphatic rings. The normalized spacial score (nSPS) is 17.5. The van der Waals surface area contributed by atoms with E-state index in [2.05, 4.69) is 23.1 Å². The molecule has 0 aromatic heterocycles. The van der Waals surface area contributed by atoms with E-state index in [9.17, 15) is 9.59 Å². The molecule has 3 aromatic rings. The number of ether oxygens (including phenoxy) is 2. The predicted molar refractivity (Wildman–Crippen MR) is 160 cm³/mol. The van der Waals surface area contributed by atoms with E-state index in [-0.39, 0.29) is 11.6 Å². The highest BCUT2D eigenvalue weighted by Crippen LogP contribution is 2.51. The molecule has 0 radical (unpaired) electrons. The van der Waals surface area contributed by atoms with Gasteiger partial charge in [-0.1, -0.05) is 71.8 Å². The van der Waals surface area contributed by atoms with Crippen LogP contribution in [0.3, 0.4) is 0 Å². The van der Waals surface area contributed by atoms with Crippen molar-refractivity contribution in [3.63, 3.8) is 0 Å².